The standard InChI is InChI=1S/C12H10N2O/c1-9-11(8-13)15-12(14-9)7-10-5-3-2-4-6-10/h2-6H,7H2,1H3. The molecule has 0 saturated heterocycles. The fourth-order valence-corrected chi connectivity index (χ4v) is 1.40. The number of nitriles is 1. The van der Waals surface area contributed by atoms with E-state index < -0.39 is 0 Å². The first-order valence-electron chi connectivity index (χ1n) is 4.70. The van der Waals surface area contributed by atoms with Crippen LogP contribution in [0.4, 0.5) is 0 Å². The Morgan fingerprint density at radius 2 is 2.07 bits per heavy atom. The molecule has 0 amide bonds. The lowest BCUT2D eigenvalue weighted by Gasteiger charge is -1.94. The van der Waals surface area contributed by atoms with Crippen LogP contribution < -0.4 is 0 Å². The maximum atomic E-state index is 8.71. The lowest BCUT2D eigenvalue weighted by Crippen LogP contribution is -1.87. The van der Waals surface area contributed by atoms with Gasteiger partial charge in [-0.3, -0.25) is 0 Å². The molecular formula is C12H10N2O. The summed E-state index contributed by atoms with van der Waals surface area (Å²) in [5.74, 6) is 0.899. The largest absolute Gasteiger partial charge is 0.430 e. The van der Waals surface area contributed by atoms with Crippen LogP contribution in [0.3, 0.4) is 0 Å². The maximum absolute atomic E-state index is 8.71. The number of hydrogen-bond acceptors (Lipinski definition) is 3. The van der Waals surface area contributed by atoms with Crippen LogP contribution in [0.1, 0.15) is 22.9 Å². The van der Waals surface area contributed by atoms with E-state index in [-0.39, 0.29) is 0 Å². The highest BCUT2D eigenvalue weighted by molar-refractivity contribution is 5.24. The highest BCUT2D eigenvalue weighted by atomic mass is 16.4. The number of nitrogens with zero attached hydrogens (tertiary/aromatic N) is 2. The predicted octanol–water partition coefficient (Wildman–Crippen LogP) is 2.45. The van der Waals surface area contributed by atoms with Crippen molar-refractivity contribution >= 4 is 0 Å². The molecule has 0 saturated carbocycles. The fraction of sp³-hybridized carbons (Fsp3) is 0.167. The average molecular weight is 198 g/mol. The van der Waals surface area contributed by atoms with Gasteiger partial charge in [-0.1, -0.05) is 30.3 Å². The quantitative estimate of drug-likeness (QED) is 0.744. The van der Waals surface area contributed by atoms with Gasteiger partial charge in [0.25, 0.3) is 0 Å². The molecule has 0 bridgehead atoms. The van der Waals surface area contributed by atoms with Gasteiger partial charge in [0.2, 0.25) is 11.7 Å². The first kappa shape index (κ1) is 9.47. The molecule has 1 aromatic heterocycles. The Bertz CT molecular complexity index is 494. The predicted molar refractivity (Wildman–Crippen MR) is 55.2 cm³/mol. The van der Waals surface area contributed by atoms with Crippen molar-refractivity contribution in [2.75, 3.05) is 0 Å². The SMILES string of the molecule is Cc1nc(Cc2ccccc2)oc1C#N. The van der Waals surface area contributed by atoms with Gasteiger partial charge in [-0.2, -0.15) is 5.26 Å². The Labute approximate surface area is 88.0 Å². The van der Waals surface area contributed by atoms with Crippen molar-refractivity contribution in [3.63, 3.8) is 0 Å². The number of aromatic nitrogens is 1. The fourth-order valence-electron chi connectivity index (χ4n) is 1.40. The molecule has 15 heavy (non-hydrogen) atoms. The molecule has 0 unspecified atom stereocenters. The van der Waals surface area contributed by atoms with Crippen LogP contribution >= 0.6 is 0 Å². The molecule has 1 aromatic carbocycles. The van der Waals surface area contributed by atoms with Gasteiger partial charge in [0.15, 0.2) is 0 Å². The Kier molecular flexibility index (Phi) is 2.51. The Hall–Kier alpha value is -2.08. The number of oxazole rings is 1. The molecule has 2 aromatic rings. The van der Waals surface area contributed by atoms with E-state index in [4.69, 9.17) is 9.68 Å². The van der Waals surface area contributed by atoms with Gasteiger partial charge in [-0.25, -0.2) is 4.98 Å². The minimum absolute atomic E-state index is 0.306. The number of rotatable bonds is 2. The normalized spacial score (nSPS) is 9.87. The van der Waals surface area contributed by atoms with Gasteiger partial charge >= 0.3 is 0 Å². The smallest absolute Gasteiger partial charge is 0.226 e. The summed E-state index contributed by atoms with van der Waals surface area (Å²) in [7, 11) is 0. The Morgan fingerprint density at radius 1 is 1.33 bits per heavy atom. The Morgan fingerprint density at radius 3 is 2.67 bits per heavy atom. The molecule has 0 aliphatic rings. The summed E-state index contributed by atoms with van der Waals surface area (Å²) < 4.78 is 5.30. The number of benzene rings is 1. The third-order valence-electron chi connectivity index (χ3n) is 2.14. The van der Waals surface area contributed by atoms with Crippen LogP contribution in [-0.2, 0) is 6.42 Å². The summed E-state index contributed by atoms with van der Waals surface area (Å²) in [6.07, 6.45) is 0.628. The molecule has 2 rings (SSSR count). The summed E-state index contributed by atoms with van der Waals surface area (Å²) >= 11 is 0. The summed E-state index contributed by atoms with van der Waals surface area (Å²) in [5.41, 5.74) is 1.78. The Balaban J connectivity index is 2.23. The molecular weight excluding hydrogens is 188 g/mol. The zero-order valence-corrected chi connectivity index (χ0v) is 8.40. The lowest BCUT2D eigenvalue weighted by atomic mass is 10.1. The molecule has 0 atom stereocenters. The highest BCUT2D eigenvalue weighted by Gasteiger charge is 2.08. The first-order valence-corrected chi connectivity index (χ1v) is 4.70. The van der Waals surface area contributed by atoms with Gasteiger partial charge in [-0.15, -0.1) is 0 Å². The van der Waals surface area contributed by atoms with E-state index in [1.165, 1.54) is 0 Å². The number of hydrogen-bond donors (Lipinski definition) is 0. The molecule has 1 heterocycles. The second-order valence-electron chi connectivity index (χ2n) is 3.30. The summed E-state index contributed by atoms with van der Waals surface area (Å²) in [6.45, 7) is 1.77. The van der Waals surface area contributed by atoms with Gasteiger partial charge in [0, 0.05) is 6.42 Å². The number of aryl methyl sites for hydroxylation is 1. The van der Waals surface area contributed by atoms with Crippen molar-refractivity contribution in [2.24, 2.45) is 0 Å². The maximum Gasteiger partial charge on any atom is 0.226 e. The van der Waals surface area contributed by atoms with E-state index >= 15 is 0 Å². The minimum Gasteiger partial charge on any atom is -0.430 e. The second kappa shape index (κ2) is 3.97. The molecule has 0 spiro atoms. The van der Waals surface area contributed by atoms with Crippen LogP contribution in [0.15, 0.2) is 34.7 Å². The second-order valence-corrected chi connectivity index (χ2v) is 3.30. The molecule has 0 fully saturated rings. The highest BCUT2D eigenvalue weighted by Crippen LogP contribution is 2.12. The molecule has 0 radical (unpaired) electrons. The van der Waals surface area contributed by atoms with E-state index in [0.717, 1.165) is 5.56 Å². The summed E-state index contributed by atoms with van der Waals surface area (Å²) in [5, 5.41) is 8.71. The molecule has 0 aliphatic heterocycles. The first-order chi connectivity index (χ1) is 7.29. The molecule has 0 aliphatic carbocycles. The molecule has 3 heteroatoms. The van der Waals surface area contributed by atoms with E-state index in [1.54, 1.807) is 6.92 Å². The van der Waals surface area contributed by atoms with Crippen molar-refractivity contribution in [1.82, 2.24) is 4.98 Å². The molecule has 3 nitrogen and oxygen atoms in total. The van der Waals surface area contributed by atoms with Crippen molar-refractivity contribution in [3.8, 4) is 6.07 Å². The third-order valence-corrected chi connectivity index (χ3v) is 2.14. The molecule has 74 valence electrons. The van der Waals surface area contributed by atoms with Crippen molar-refractivity contribution in [1.29, 1.82) is 5.26 Å². The van der Waals surface area contributed by atoms with E-state index in [9.17, 15) is 0 Å². The monoisotopic (exact) mass is 198 g/mol. The minimum atomic E-state index is 0.306. The van der Waals surface area contributed by atoms with Crippen molar-refractivity contribution < 1.29 is 4.42 Å². The van der Waals surface area contributed by atoms with Gasteiger partial charge in [0.1, 0.15) is 6.07 Å². The third kappa shape index (κ3) is 2.05. The van der Waals surface area contributed by atoms with Gasteiger partial charge in [0.05, 0.1) is 5.69 Å². The lowest BCUT2D eigenvalue weighted by molar-refractivity contribution is 0.495. The zero-order valence-electron chi connectivity index (χ0n) is 8.40. The van der Waals surface area contributed by atoms with Crippen molar-refractivity contribution in [2.45, 2.75) is 13.3 Å². The van der Waals surface area contributed by atoms with Gasteiger partial charge < -0.3 is 4.42 Å². The van der Waals surface area contributed by atoms with Crippen molar-refractivity contribution in [3.05, 3.63) is 53.2 Å². The van der Waals surface area contributed by atoms with E-state index in [2.05, 4.69) is 4.98 Å². The van der Waals surface area contributed by atoms with E-state index in [1.807, 2.05) is 36.4 Å². The van der Waals surface area contributed by atoms with Crippen LogP contribution in [0.5, 0.6) is 0 Å². The van der Waals surface area contributed by atoms with Crippen LogP contribution in [0.25, 0.3) is 0 Å². The summed E-state index contributed by atoms with van der Waals surface area (Å²) in [4.78, 5) is 4.19. The zero-order chi connectivity index (χ0) is 10.7. The van der Waals surface area contributed by atoms with Gasteiger partial charge in [-0.05, 0) is 12.5 Å². The van der Waals surface area contributed by atoms with Crippen LogP contribution in [-0.4, -0.2) is 4.98 Å². The molecule has 0 N–H and O–H groups in total. The van der Waals surface area contributed by atoms with Crippen LogP contribution in [0.2, 0.25) is 0 Å². The summed E-state index contributed by atoms with van der Waals surface area (Å²) in [6, 6.07) is 11.9. The van der Waals surface area contributed by atoms with Crippen LogP contribution in [0, 0.1) is 18.3 Å². The topological polar surface area (TPSA) is 49.8 Å². The average Bonchev–Trinajstić information content (AvgIpc) is 2.60. The van der Waals surface area contributed by atoms with E-state index in [0.29, 0.717) is 23.8 Å².